The third-order valence-electron chi connectivity index (χ3n) is 6.62. The molecule has 190 valence electrons. The molecule has 0 fully saturated rings. The topological polar surface area (TPSA) is 69.0 Å². The zero-order valence-electron chi connectivity index (χ0n) is 21.3. The number of benzene rings is 3. The second-order valence-corrected chi connectivity index (χ2v) is 9.59. The summed E-state index contributed by atoms with van der Waals surface area (Å²) in [5.41, 5.74) is 3.68. The molecule has 0 aliphatic carbocycles. The smallest absolute Gasteiger partial charge is 0.295 e. The Hall–Kier alpha value is -3.77. The molecular formula is C30H28ClNO5. The molecule has 0 spiro atoms. The SMILES string of the molecule is CCCOc1ccc(C2c3c(oc4cc(C)c(C)cc4c3=O)C(=O)N2c2cccc(Cl)c2)cc1OCC. The number of amides is 1. The third kappa shape index (κ3) is 4.36. The number of carbonyl (C=O) groups is 1. The van der Waals surface area contributed by atoms with Gasteiger partial charge in [-0.25, -0.2) is 0 Å². The van der Waals surface area contributed by atoms with E-state index in [0.29, 0.717) is 57.5 Å². The molecule has 1 unspecified atom stereocenters. The number of fused-ring (bicyclic) bond motifs is 2. The number of halogens is 1. The first-order valence-corrected chi connectivity index (χ1v) is 12.8. The lowest BCUT2D eigenvalue weighted by Crippen LogP contribution is -2.29. The standard InChI is InChI=1S/C30H28ClNO5/c1-5-12-36-23-11-10-19(15-25(23)35-6-2)27-26-28(33)22-13-17(3)18(4)14-24(22)37-29(26)30(34)32(27)21-9-7-8-20(31)16-21/h7-11,13-16,27H,5-6,12H2,1-4H3. The maximum absolute atomic E-state index is 14.0. The van der Waals surface area contributed by atoms with Gasteiger partial charge in [0.1, 0.15) is 5.58 Å². The fraction of sp³-hybridized carbons (Fsp3) is 0.267. The van der Waals surface area contributed by atoms with Gasteiger partial charge in [-0.2, -0.15) is 0 Å². The molecule has 2 heterocycles. The average Bonchev–Trinajstić information content (AvgIpc) is 3.17. The number of carbonyl (C=O) groups excluding carboxylic acids is 1. The van der Waals surface area contributed by atoms with Gasteiger partial charge in [0.15, 0.2) is 16.9 Å². The number of anilines is 1. The van der Waals surface area contributed by atoms with Crippen LogP contribution in [0.3, 0.4) is 0 Å². The summed E-state index contributed by atoms with van der Waals surface area (Å²) in [5, 5.41) is 0.926. The molecule has 0 N–H and O–H groups in total. The Labute approximate surface area is 220 Å². The van der Waals surface area contributed by atoms with Crippen molar-refractivity contribution in [2.24, 2.45) is 0 Å². The Morgan fingerprint density at radius 2 is 1.73 bits per heavy atom. The van der Waals surface area contributed by atoms with Crippen molar-refractivity contribution in [1.29, 1.82) is 0 Å². The summed E-state index contributed by atoms with van der Waals surface area (Å²) in [5.74, 6) is 0.804. The molecule has 1 aromatic heterocycles. The van der Waals surface area contributed by atoms with Gasteiger partial charge >= 0.3 is 0 Å². The van der Waals surface area contributed by atoms with Crippen molar-refractivity contribution in [1.82, 2.24) is 0 Å². The molecule has 5 rings (SSSR count). The Bertz CT molecular complexity index is 1570. The van der Waals surface area contributed by atoms with E-state index in [0.717, 1.165) is 17.5 Å². The lowest BCUT2D eigenvalue weighted by Gasteiger charge is -2.26. The van der Waals surface area contributed by atoms with Crippen LogP contribution in [0.4, 0.5) is 5.69 Å². The predicted molar refractivity (Wildman–Crippen MR) is 145 cm³/mol. The van der Waals surface area contributed by atoms with Crippen LogP contribution in [0.1, 0.15) is 59.1 Å². The van der Waals surface area contributed by atoms with E-state index in [-0.39, 0.29) is 11.2 Å². The predicted octanol–water partition coefficient (Wildman–Crippen LogP) is 7.00. The molecule has 7 heteroatoms. The minimum absolute atomic E-state index is 0.0370. The van der Waals surface area contributed by atoms with Crippen LogP contribution in [0.25, 0.3) is 11.0 Å². The number of nitrogens with zero attached hydrogens (tertiary/aromatic N) is 1. The van der Waals surface area contributed by atoms with Crippen molar-refractivity contribution in [3.63, 3.8) is 0 Å². The minimum atomic E-state index is -0.734. The van der Waals surface area contributed by atoms with Gasteiger partial charge in [-0.15, -0.1) is 0 Å². The highest BCUT2D eigenvalue weighted by atomic mass is 35.5. The Morgan fingerprint density at radius 1 is 0.946 bits per heavy atom. The van der Waals surface area contributed by atoms with Crippen LogP contribution in [0.15, 0.2) is 63.8 Å². The van der Waals surface area contributed by atoms with Crippen molar-refractivity contribution in [3.8, 4) is 11.5 Å². The average molecular weight is 518 g/mol. The normalized spacial score (nSPS) is 14.8. The number of hydrogen-bond donors (Lipinski definition) is 0. The van der Waals surface area contributed by atoms with E-state index < -0.39 is 11.9 Å². The molecule has 1 amide bonds. The molecule has 1 aliphatic rings. The molecule has 1 aliphatic heterocycles. The summed E-state index contributed by atoms with van der Waals surface area (Å²) in [6.45, 7) is 8.82. The van der Waals surface area contributed by atoms with Crippen LogP contribution in [0.2, 0.25) is 5.02 Å². The first kappa shape index (κ1) is 24.9. The quantitative estimate of drug-likeness (QED) is 0.264. The second-order valence-electron chi connectivity index (χ2n) is 9.15. The molecule has 0 radical (unpaired) electrons. The highest BCUT2D eigenvalue weighted by Gasteiger charge is 2.44. The van der Waals surface area contributed by atoms with Gasteiger partial charge in [0.25, 0.3) is 5.91 Å². The van der Waals surface area contributed by atoms with Gasteiger partial charge in [-0.3, -0.25) is 14.5 Å². The van der Waals surface area contributed by atoms with Gasteiger partial charge in [0.05, 0.1) is 30.2 Å². The molecule has 3 aromatic carbocycles. The lowest BCUT2D eigenvalue weighted by atomic mass is 9.97. The highest BCUT2D eigenvalue weighted by molar-refractivity contribution is 6.31. The zero-order valence-corrected chi connectivity index (χ0v) is 22.0. The Balaban J connectivity index is 1.77. The maximum atomic E-state index is 14.0. The fourth-order valence-electron chi connectivity index (χ4n) is 4.73. The van der Waals surface area contributed by atoms with Gasteiger partial charge in [0.2, 0.25) is 5.76 Å². The van der Waals surface area contributed by atoms with Crippen LogP contribution in [0, 0.1) is 13.8 Å². The van der Waals surface area contributed by atoms with E-state index in [2.05, 4.69) is 0 Å². The zero-order chi connectivity index (χ0) is 26.3. The van der Waals surface area contributed by atoms with Crippen molar-refractivity contribution < 1.29 is 18.7 Å². The van der Waals surface area contributed by atoms with Crippen molar-refractivity contribution in [3.05, 3.63) is 97.9 Å². The van der Waals surface area contributed by atoms with Crippen LogP contribution in [-0.2, 0) is 0 Å². The number of aryl methyl sites for hydroxylation is 2. The maximum Gasteiger partial charge on any atom is 0.295 e. The lowest BCUT2D eigenvalue weighted by molar-refractivity contribution is 0.0971. The van der Waals surface area contributed by atoms with E-state index in [9.17, 15) is 9.59 Å². The van der Waals surface area contributed by atoms with E-state index in [4.69, 9.17) is 25.5 Å². The molecule has 6 nitrogen and oxygen atoms in total. The van der Waals surface area contributed by atoms with Crippen molar-refractivity contribution in [2.75, 3.05) is 18.1 Å². The summed E-state index contributed by atoms with van der Waals surface area (Å²) >= 11 is 6.30. The van der Waals surface area contributed by atoms with Crippen LogP contribution in [-0.4, -0.2) is 19.1 Å². The van der Waals surface area contributed by atoms with Crippen molar-refractivity contribution >= 4 is 34.2 Å². The van der Waals surface area contributed by atoms with E-state index in [1.807, 2.05) is 58.0 Å². The van der Waals surface area contributed by atoms with E-state index in [1.165, 1.54) is 0 Å². The summed E-state index contributed by atoms with van der Waals surface area (Å²) < 4.78 is 17.9. The fourth-order valence-corrected chi connectivity index (χ4v) is 4.91. The molecule has 4 aromatic rings. The molecule has 1 atom stereocenters. The second kappa shape index (κ2) is 9.94. The van der Waals surface area contributed by atoms with Crippen LogP contribution < -0.4 is 19.8 Å². The minimum Gasteiger partial charge on any atom is -0.490 e. The van der Waals surface area contributed by atoms with E-state index >= 15 is 0 Å². The number of rotatable bonds is 7. The first-order chi connectivity index (χ1) is 17.8. The van der Waals surface area contributed by atoms with Crippen LogP contribution in [0.5, 0.6) is 11.5 Å². The van der Waals surface area contributed by atoms with Crippen LogP contribution >= 0.6 is 11.6 Å². The summed E-state index contributed by atoms with van der Waals surface area (Å²) in [6, 6.07) is 15.4. The summed E-state index contributed by atoms with van der Waals surface area (Å²) in [6.07, 6.45) is 0.855. The summed E-state index contributed by atoms with van der Waals surface area (Å²) in [4.78, 5) is 29.4. The molecular weight excluding hydrogens is 490 g/mol. The van der Waals surface area contributed by atoms with Gasteiger partial charge < -0.3 is 13.9 Å². The van der Waals surface area contributed by atoms with Gasteiger partial charge in [-0.1, -0.05) is 30.7 Å². The van der Waals surface area contributed by atoms with Gasteiger partial charge in [0, 0.05) is 10.7 Å². The highest BCUT2D eigenvalue weighted by Crippen LogP contribution is 2.44. The monoisotopic (exact) mass is 517 g/mol. The molecule has 0 saturated heterocycles. The van der Waals surface area contributed by atoms with Crippen molar-refractivity contribution in [2.45, 2.75) is 40.2 Å². The molecule has 0 saturated carbocycles. The largest absolute Gasteiger partial charge is 0.490 e. The van der Waals surface area contributed by atoms with Gasteiger partial charge in [-0.05, 0) is 86.3 Å². The first-order valence-electron chi connectivity index (χ1n) is 12.4. The Kier molecular flexibility index (Phi) is 6.69. The van der Waals surface area contributed by atoms with E-state index in [1.54, 1.807) is 29.2 Å². The molecule has 37 heavy (non-hydrogen) atoms. The third-order valence-corrected chi connectivity index (χ3v) is 6.85. The molecule has 0 bridgehead atoms. The number of hydrogen-bond acceptors (Lipinski definition) is 5. The summed E-state index contributed by atoms with van der Waals surface area (Å²) in [7, 11) is 0. The Morgan fingerprint density at radius 3 is 2.46 bits per heavy atom. The number of ether oxygens (including phenoxy) is 2.